The van der Waals surface area contributed by atoms with Gasteiger partial charge in [-0.1, -0.05) is 29.8 Å². The number of benzene rings is 1. The molecule has 0 aliphatic carbocycles. The Morgan fingerprint density at radius 1 is 1.33 bits per heavy atom. The Balaban J connectivity index is 0.000000162. The number of halogens is 1. The number of carbonyl (C=O) groups is 2. The minimum atomic E-state index is 0.204. The van der Waals surface area contributed by atoms with E-state index < -0.39 is 0 Å². The lowest BCUT2D eigenvalue weighted by Gasteiger charge is -1.90. The van der Waals surface area contributed by atoms with Gasteiger partial charge in [0.05, 0.1) is 5.02 Å². The molecule has 0 saturated carbocycles. The van der Waals surface area contributed by atoms with E-state index in [4.69, 9.17) is 11.6 Å². The number of amides is 1. The van der Waals surface area contributed by atoms with Crippen LogP contribution in [0.2, 0.25) is 5.02 Å². The fourth-order valence-electron chi connectivity index (χ4n) is 1.14. The zero-order valence-corrected chi connectivity index (χ0v) is 8.96. The Bertz CT molecular complexity index is 344. The Kier molecular flexibility index (Phi) is 4.84. The van der Waals surface area contributed by atoms with E-state index in [1.165, 1.54) is 0 Å². The Morgan fingerprint density at radius 2 is 2.07 bits per heavy atom. The minimum Gasteiger partial charge on any atom is -0.356 e. The molecule has 1 aliphatic heterocycles. The summed E-state index contributed by atoms with van der Waals surface area (Å²) in [5.74, 6) is 0.204. The van der Waals surface area contributed by atoms with Gasteiger partial charge in [0.1, 0.15) is 0 Å². The van der Waals surface area contributed by atoms with Crippen molar-refractivity contribution in [2.45, 2.75) is 12.8 Å². The van der Waals surface area contributed by atoms with Gasteiger partial charge in [-0.2, -0.15) is 0 Å². The zero-order chi connectivity index (χ0) is 11.1. The predicted octanol–water partition coefficient (Wildman–Crippen LogP) is 2.05. The summed E-state index contributed by atoms with van der Waals surface area (Å²) in [6.07, 6.45) is 2.50. The number of aldehydes is 1. The van der Waals surface area contributed by atoms with Crippen LogP contribution in [0.4, 0.5) is 0 Å². The summed E-state index contributed by atoms with van der Waals surface area (Å²) in [5, 5.41) is 3.19. The molecule has 0 spiro atoms. The molecule has 1 aromatic rings. The van der Waals surface area contributed by atoms with Crippen LogP contribution >= 0.6 is 11.6 Å². The molecule has 15 heavy (non-hydrogen) atoms. The van der Waals surface area contributed by atoms with Crippen LogP contribution in [-0.2, 0) is 4.79 Å². The number of nitrogens with one attached hydrogen (secondary N) is 1. The van der Waals surface area contributed by atoms with E-state index in [1.807, 2.05) is 0 Å². The first-order valence-electron chi connectivity index (χ1n) is 4.70. The Morgan fingerprint density at radius 3 is 2.40 bits per heavy atom. The molecule has 1 aromatic carbocycles. The van der Waals surface area contributed by atoms with Crippen molar-refractivity contribution in [1.29, 1.82) is 0 Å². The smallest absolute Gasteiger partial charge is 0.220 e. The van der Waals surface area contributed by atoms with Crippen LogP contribution in [0, 0.1) is 0 Å². The van der Waals surface area contributed by atoms with Gasteiger partial charge in [0.15, 0.2) is 6.29 Å². The predicted molar refractivity (Wildman–Crippen MR) is 59.1 cm³/mol. The number of hydrogen-bond acceptors (Lipinski definition) is 2. The molecule has 1 saturated heterocycles. The van der Waals surface area contributed by atoms with Crippen molar-refractivity contribution < 1.29 is 9.59 Å². The molecule has 0 radical (unpaired) electrons. The zero-order valence-electron chi connectivity index (χ0n) is 8.20. The molecule has 1 N–H and O–H groups in total. The second kappa shape index (κ2) is 6.19. The van der Waals surface area contributed by atoms with Crippen LogP contribution in [0.3, 0.4) is 0 Å². The Labute approximate surface area is 93.4 Å². The van der Waals surface area contributed by atoms with Crippen molar-refractivity contribution in [2.75, 3.05) is 6.54 Å². The first-order chi connectivity index (χ1) is 7.24. The van der Waals surface area contributed by atoms with Crippen molar-refractivity contribution in [1.82, 2.24) is 5.32 Å². The topological polar surface area (TPSA) is 46.2 Å². The maximum atomic E-state index is 10.1. The summed E-state index contributed by atoms with van der Waals surface area (Å²) < 4.78 is 0. The average Bonchev–Trinajstić information content (AvgIpc) is 2.71. The van der Waals surface area contributed by atoms with Gasteiger partial charge >= 0.3 is 0 Å². The average molecular weight is 226 g/mol. The molecule has 1 amide bonds. The number of rotatable bonds is 1. The molecule has 3 nitrogen and oxygen atoms in total. The van der Waals surface area contributed by atoms with Gasteiger partial charge in [0, 0.05) is 18.5 Å². The summed E-state index contributed by atoms with van der Waals surface area (Å²) in [7, 11) is 0. The van der Waals surface area contributed by atoms with Gasteiger partial charge in [-0.25, -0.2) is 0 Å². The van der Waals surface area contributed by atoms with Crippen molar-refractivity contribution in [3.8, 4) is 0 Å². The highest BCUT2D eigenvalue weighted by molar-refractivity contribution is 6.32. The fraction of sp³-hybridized carbons (Fsp3) is 0.273. The third kappa shape index (κ3) is 4.13. The molecule has 1 heterocycles. The van der Waals surface area contributed by atoms with E-state index in [-0.39, 0.29) is 5.91 Å². The maximum absolute atomic E-state index is 10.1. The maximum Gasteiger partial charge on any atom is 0.220 e. The molecular formula is C11H12ClNO2. The second-order valence-electron chi connectivity index (χ2n) is 3.09. The van der Waals surface area contributed by atoms with Crippen molar-refractivity contribution in [2.24, 2.45) is 0 Å². The van der Waals surface area contributed by atoms with E-state index >= 15 is 0 Å². The van der Waals surface area contributed by atoms with E-state index in [1.54, 1.807) is 24.3 Å². The number of hydrogen-bond donors (Lipinski definition) is 1. The van der Waals surface area contributed by atoms with E-state index in [0.717, 1.165) is 25.7 Å². The third-order valence-electron chi connectivity index (χ3n) is 1.93. The molecule has 2 rings (SSSR count). The van der Waals surface area contributed by atoms with E-state index in [2.05, 4.69) is 5.32 Å². The molecule has 80 valence electrons. The first-order valence-corrected chi connectivity index (χ1v) is 5.08. The molecule has 0 unspecified atom stereocenters. The second-order valence-corrected chi connectivity index (χ2v) is 3.50. The van der Waals surface area contributed by atoms with Gasteiger partial charge in [0.2, 0.25) is 5.91 Å². The van der Waals surface area contributed by atoms with Crippen LogP contribution in [-0.4, -0.2) is 18.7 Å². The normalized spacial score (nSPS) is 13.8. The lowest BCUT2D eigenvalue weighted by Crippen LogP contribution is -2.12. The Hall–Kier alpha value is -1.35. The summed E-state index contributed by atoms with van der Waals surface area (Å²) in [4.78, 5) is 20.3. The van der Waals surface area contributed by atoms with Crippen LogP contribution in [0.25, 0.3) is 0 Å². The summed E-state index contributed by atoms with van der Waals surface area (Å²) in [5.41, 5.74) is 0.541. The molecule has 4 heteroatoms. The minimum absolute atomic E-state index is 0.204. The monoisotopic (exact) mass is 225 g/mol. The standard InChI is InChI=1S/C7H5ClO.C4H7NO/c8-7-4-2-1-3-6(7)5-9;6-4-2-1-3-5-4/h1-5H;1-3H2,(H,5,6). The van der Waals surface area contributed by atoms with Crippen molar-refractivity contribution in [3.63, 3.8) is 0 Å². The van der Waals surface area contributed by atoms with Gasteiger partial charge in [-0.05, 0) is 12.5 Å². The largest absolute Gasteiger partial charge is 0.356 e. The van der Waals surface area contributed by atoms with Gasteiger partial charge in [-0.3, -0.25) is 9.59 Å². The highest BCUT2D eigenvalue weighted by Crippen LogP contribution is 2.11. The highest BCUT2D eigenvalue weighted by Gasteiger charge is 2.05. The molecular weight excluding hydrogens is 214 g/mol. The summed E-state index contributed by atoms with van der Waals surface area (Å²) in [6, 6.07) is 6.92. The molecule has 1 aliphatic rings. The van der Waals surface area contributed by atoms with E-state index in [9.17, 15) is 9.59 Å². The van der Waals surface area contributed by atoms with Crippen molar-refractivity contribution in [3.05, 3.63) is 34.9 Å². The lowest BCUT2D eigenvalue weighted by molar-refractivity contribution is -0.119. The summed E-state index contributed by atoms with van der Waals surface area (Å²) in [6.45, 7) is 0.888. The van der Waals surface area contributed by atoms with Crippen molar-refractivity contribution >= 4 is 23.8 Å². The molecule has 0 aromatic heterocycles. The number of carbonyl (C=O) groups excluding carboxylic acids is 2. The fourth-order valence-corrected chi connectivity index (χ4v) is 1.32. The van der Waals surface area contributed by atoms with Crippen LogP contribution in [0.5, 0.6) is 0 Å². The molecule has 0 atom stereocenters. The van der Waals surface area contributed by atoms with Gasteiger partial charge in [0.25, 0.3) is 0 Å². The van der Waals surface area contributed by atoms with E-state index in [0.29, 0.717) is 10.6 Å². The first kappa shape index (κ1) is 11.7. The molecule has 0 bridgehead atoms. The quantitative estimate of drug-likeness (QED) is 0.744. The molecule has 1 fully saturated rings. The SMILES string of the molecule is O=C1CCCN1.O=Cc1ccccc1Cl. The van der Waals surface area contributed by atoms with Gasteiger partial charge < -0.3 is 5.32 Å². The lowest BCUT2D eigenvalue weighted by atomic mass is 10.2. The van der Waals surface area contributed by atoms with Gasteiger partial charge in [-0.15, -0.1) is 0 Å². The van der Waals surface area contributed by atoms with Crippen LogP contribution < -0.4 is 5.32 Å². The third-order valence-corrected chi connectivity index (χ3v) is 2.28. The highest BCUT2D eigenvalue weighted by atomic mass is 35.5. The van der Waals surface area contributed by atoms with Crippen LogP contribution in [0.1, 0.15) is 23.2 Å². The van der Waals surface area contributed by atoms with Crippen LogP contribution in [0.15, 0.2) is 24.3 Å². The summed E-state index contributed by atoms with van der Waals surface area (Å²) >= 11 is 5.59.